The van der Waals surface area contributed by atoms with Crippen LogP contribution in [0.2, 0.25) is 5.02 Å². The molecule has 0 atom stereocenters. The summed E-state index contributed by atoms with van der Waals surface area (Å²) in [5, 5.41) is 9.80. The van der Waals surface area contributed by atoms with Crippen molar-refractivity contribution in [3.63, 3.8) is 0 Å². The number of carbonyl (C=O) groups is 1. The van der Waals surface area contributed by atoms with Gasteiger partial charge in [-0.1, -0.05) is 30.9 Å². The van der Waals surface area contributed by atoms with Crippen molar-refractivity contribution in [2.45, 2.75) is 32.1 Å². The van der Waals surface area contributed by atoms with Gasteiger partial charge in [0.25, 0.3) is 0 Å². The number of phenols is 1. The Morgan fingerprint density at radius 2 is 2.00 bits per heavy atom. The van der Waals surface area contributed by atoms with Gasteiger partial charge in [0.2, 0.25) is 0 Å². The van der Waals surface area contributed by atoms with Gasteiger partial charge in [0.05, 0.1) is 12.1 Å². The quantitative estimate of drug-likeness (QED) is 0.848. The summed E-state index contributed by atoms with van der Waals surface area (Å²) in [6.45, 7) is 0. The van der Waals surface area contributed by atoms with Crippen LogP contribution >= 0.6 is 11.6 Å². The monoisotopic (exact) mass is 268 g/mol. The van der Waals surface area contributed by atoms with E-state index in [9.17, 15) is 9.90 Å². The third-order valence-corrected chi connectivity index (χ3v) is 3.90. The Balaban J connectivity index is 2.30. The minimum absolute atomic E-state index is 0.0392. The van der Waals surface area contributed by atoms with Crippen molar-refractivity contribution in [1.29, 1.82) is 0 Å². The molecule has 1 saturated carbocycles. The van der Waals surface area contributed by atoms with Gasteiger partial charge in [-0.05, 0) is 25.0 Å². The third-order valence-electron chi connectivity index (χ3n) is 3.52. The van der Waals surface area contributed by atoms with Crippen molar-refractivity contribution in [2.75, 3.05) is 7.11 Å². The Labute approximate surface area is 112 Å². The Morgan fingerprint density at radius 1 is 1.33 bits per heavy atom. The highest BCUT2D eigenvalue weighted by molar-refractivity contribution is 6.35. The molecule has 2 rings (SSSR count). The number of aromatic hydroxyl groups is 1. The van der Waals surface area contributed by atoms with Crippen LogP contribution in [0.3, 0.4) is 0 Å². The summed E-state index contributed by atoms with van der Waals surface area (Å²) in [4.78, 5) is 12.4. The Kier molecular flexibility index (Phi) is 4.12. The highest BCUT2D eigenvalue weighted by atomic mass is 35.5. The van der Waals surface area contributed by atoms with Crippen molar-refractivity contribution >= 4 is 17.4 Å². The zero-order valence-corrected chi connectivity index (χ0v) is 11.2. The largest absolute Gasteiger partial charge is 0.504 e. The number of ketones is 1. The van der Waals surface area contributed by atoms with Gasteiger partial charge in [0, 0.05) is 11.5 Å². The first-order valence-corrected chi connectivity index (χ1v) is 6.62. The molecule has 1 aromatic carbocycles. The number of ether oxygens (including phenoxy) is 1. The van der Waals surface area contributed by atoms with Crippen LogP contribution in [0, 0.1) is 5.92 Å². The molecule has 1 aliphatic rings. The summed E-state index contributed by atoms with van der Waals surface area (Å²) in [6.07, 6.45) is 5.26. The molecule has 0 unspecified atom stereocenters. The van der Waals surface area contributed by atoms with Gasteiger partial charge in [-0.15, -0.1) is 0 Å². The molecule has 0 aliphatic heterocycles. The van der Waals surface area contributed by atoms with Crippen molar-refractivity contribution in [3.05, 3.63) is 22.7 Å². The van der Waals surface area contributed by atoms with Crippen LogP contribution in [0.25, 0.3) is 0 Å². The van der Waals surface area contributed by atoms with E-state index in [1.165, 1.54) is 19.6 Å². The van der Waals surface area contributed by atoms with Crippen molar-refractivity contribution in [1.82, 2.24) is 0 Å². The third kappa shape index (κ3) is 2.46. The van der Waals surface area contributed by atoms with E-state index in [1.54, 1.807) is 6.07 Å². The van der Waals surface area contributed by atoms with Crippen LogP contribution in [0.15, 0.2) is 12.1 Å². The number of rotatable bonds is 3. The molecule has 1 fully saturated rings. The van der Waals surface area contributed by atoms with Crippen LogP contribution in [-0.4, -0.2) is 18.0 Å². The molecule has 0 saturated heterocycles. The van der Waals surface area contributed by atoms with Gasteiger partial charge in [-0.3, -0.25) is 4.79 Å². The predicted molar refractivity (Wildman–Crippen MR) is 70.6 cm³/mol. The highest BCUT2D eigenvalue weighted by Gasteiger charge is 2.25. The number of phenolic OH excluding ortho intramolecular Hbond substituents is 1. The fourth-order valence-corrected chi connectivity index (χ4v) is 2.85. The van der Waals surface area contributed by atoms with Gasteiger partial charge < -0.3 is 9.84 Å². The molecule has 0 heterocycles. The van der Waals surface area contributed by atoms with E-state index in [0.717, 1.165) is 25.7 Å². The first kappa shape index (κ1) is 13.2. The number of methoxy groups -OCH3 is 1. The fraction of sp³-hybridized carbons (Fsp3) is 0.500. The van der Waals surface area contributed by atoms with Crippen molar-refractivity contribution in [3.8, 4) is 11.5 Å². The molecule has 18 heavy (non-hydrogen) atoms. The maximum absolute atomic E-state index is 12.4. The minimum atomic E-state index is -0.0392. The molecule has 0 spiro atoms. The Hall–Kier alpha value is -1.22. The zero-order valence-electron chi connectivity index (χ0n) is 10.4. The summed E-state index contributed by atoms with van der Waals surface area (Å²) >= 11 is 6.12. The van der Waals surface area contributed by atoms with E-state index >= 15 is 0 Å². The number of Topliss-reactive ketones (excluding diaryl/α,β-unsaturated/α-hetero) is 1. The van der Waals surface area contributed by atoms with Gasteiger partial charge in [-0.25, -0.2) is 0 Å². The van der Waals surface area contributed by atoms with E-state index in [2.05, 4.69) is 0 Å². The van der Waals surface area contributed by atoms with Crippen LogP contribution < -0.4 is 4.74 Å². The van der Waals surface area contributed by atoms with E-state index in [4.69, 9.17) is 16.3 Å². The zero-order chi connectivity index (χ0) is 13.1. The first-order chi connectivity index (χ1) is 8.65. The second-order valence-corrected chi connectivity index (χ2v) is 5.06. The molecule has 0 radical (unpaired) electrons. The van der Waals surface area contributed by atoms with Gasteiger partial charge in [-0.2, -0.15) is 0 Å². The molecule has 1 aromatic rings. The molecule has 98 valence electrons. The van der Waals surface area contributed by atoms with Crippen LogP contribution in [0.5, 0.6) is 11.5 Å². The summed E-state index contributed by atoms with van der Waals surface area (Å²) in [5.41, 5.74) is 0.457. The second kappa shape index (κ2) is 5.61. The van der Waals surface area contributed by atoms with Gasteiger partial charge in [0.15, 0.2) is 17.3 Å². The molecular weight excluding hydrogens is 252 g/mol. The van der Waals surface area contributed by atoms with E-state index in [1.807, 2.05) is 0 Å². The lowest BCUT2D eigenvalue weighted by Gasteiger charge is -2.21. The maximum Gasteiger partial charge on any atom is 0.179 e. The summed E-state index contributed by atoms with van der Waals surface area (Å²) in [6, 6.07) is 3.04. The van der Waals surface area contributed by atoms with Crippen molar-refractivity contribution < 1.29 is 14.6 Å². The molecule has 1 aliphatic carbocycles. The predicted octanol–water partition coefficient (Wildman–Crippen LogP) is 3.82. The number of hydrogen-bond acceptors (Lipinski definition) is 3. The summed E-state index contributed by atoms with van der Waals surface area (Å²) in [5.74, 6) is 0.268. The van der Waals surface area contributed by atoms with Gasteiger partial charge >= 0.3 is 0 Å². The molecule has 0 amide bonds. The number of carbonyl (C=O) groups excluding carboxylic acids is 1. The molecule has 0 aromatic heterocycles. The lowest BCUT2D eigenvalue weighted by molar-refractivity contribution is 0.0889. The highest BCUT2D eigenvalue weighted by Crippen LogP contribution is 2.38. The second-order valence-electron chi connectivity index (χ2n) is 4.68. The molecule has 3 nitrogen and oxygen atoms in total. The fourth-order valence-electron chi connectivity index (χ4n) is 2.52. The molecular formula is C14H17ClO3. The molecule has 4 heteroatoms. The maximum atomic E-state index is 12.4. The van der Waals surface area contributed by atoms with E-state index in [-0.39, 0.29) is 28.2 Å². The number of halogens is 1. The molecule has 0 bridgehead atoms. The summed E-state index contributed by atoms with van der Waals surface area (Å²) in [7, 11) is 1.43. The van der Waals surface area contributed by atoms with Crippen molar-refractivity contribution in [2.24, 2.45) is 5.92 Å². The standard InChI is InChI=1S/C14H17ClO3/c1-18-14-11(16)8-7-10(12(14)15)13(17)9-5-3-2-4-6-9/h7-9,16H,2-6H2,1H3. The Morgan fingerprint density at radius 3 is 2.61 bits per heavy atom. The van der Waals surface area contributed by atoms with E-state index < -0.39 is 0 Å². The van der Waals surface area contributed by atoms with Crippen LogP contribution in [-0.2, 0) is 0 Å². The van der Waals surface area contributed by atoms with Crippen LogP contribution in [0.4, 0.5) is 0 Å². The lowest BCUT2D eigenvalue weighted by Crippen LogP contribution is -2.18. The SMILES string of the molecule is COc1c(O)ccc(C(=O)C2CCCCC2)c1Cl. The normalized spacial score (nSPS) is 16.6. The minimum Gasteiger partial charge on any atom is -0.504 e. The van der Waals surface area contributed by atoms with E-state index in [0.29, 0.717) is 5.56 Å². The van der Waals surface area contributed by atoms with Crippen LogP contribution in [0.1, 0.15) is 42.5 Å². The first-order valence-electron chi connectivity index (χ1n) is 6.24. The summed E-state index contributed by atoms with van der Waals surface area (Å²) < 4.78 is 5.02. The molecule has 1 N–H and O–H groups in total. The number of benzene rings is 1. The smallest absolute Gasteiger partial charge is 0.179 e. The number of hydrogen-bond donors (Lipinski definition) is 1. The average molecular weight is 269 g/mol. The topological polar surface area (TPSA) is 46.5 Å². The average Bonchev–Trinajstić information content (AvgIpc) is 2.40. The van der Waals surface area contributed by atoms with Gasteiger partial charge in [0.1, 0.15) is 0 Å². The Bertz CT molecular complexity index is 451. The lowest BCUT2D eigenvalue weighted by atomic mass is 9.84.